The first-order valence-corrected chi connectivity index (χ1v) is 5.38. The van der Waals surface area contributed by atoms with E-state index in [-0.39, 0.29) is 0 Å². The fourth-order valence-corrected chi connectivity index (χ4v) is 2.13. The van der Waals surface area contributed by atoms with Gasteiger partial charge in [-0.3, -0.25) is 0 Å². The van der Waals surface area contributed by atoms with Crippen LogP contribution < -0.4 is 5.46 Å². The summed E-state index contributed by atoms with van der Waals surface area (Å²) in [6.45, 7) is 2.09. The van der Waals surface area contributed by atoms with Crippen molar-refractivity contribution in [3.8, 4) is 11.1 Å². The second kappa shape index (κ2) is 4.12. The predicted molar refractivity (Wildman–Crippen MR) is 69.8 cm³/mol. The van der Waals surface area contributed by atoms with Gasteiger partial charge in [-0.2, -0.15) is 0 Å². The minimum Gasteiger partial charge on any atom is -0.0837 e. The first-order valence-electron chi connectivity index (χ1n) is 5.00. The molecule has 0 heterocycles. The summed E-state index contributed by atoms with van der Waals surface area (Å²) in [4.78, 5) is 0. The minimum absolute atomic E-state index is 0.820. The third-order valence-electron chi connectivity index (χ3n) is 2.53. The first-order chi connectivity index (χ1) is 7.18. The maximum atomic E-state index is 6.22. The predicted octanol–water partition coefficient (Wildman–Crippen LogP) is 2.57. The van der Waals surface area contributed by atoms with E-state index in [9.17, 15) is 0 Å². The number of hydrogen-bond acceptors (Lipinski definition) is 0. The largest absolute Gasteiger partial charge is 0.140 e. The molecule has 0 aliphatic carbocycles. The molecule has 0 nitrogen and oxygen atoms in total. The van der Waals surface area contributed by atoms with Crippen LogP contribution in [0, 0.1) is 6.92 Å². The quantitative estimate of drug-likeness (QED) is 0.640. The Balaban J connectivity index is 2.63. The number of benzene rings is 2. The van der Waals surface area contributed by atoms with Crippen molar-refractivity contribution in [2.75, 3.05) is 0 Å². The van der Waals surface area contributed by atoms with Gasteiger partial charge in [0.25, 0.3) is 0 Å². The monoisotopic (exact) mass is 214 g/mol. The molecule has 0 unspecified atom stereocenters. The smallest absolute Gasteiger partial charge is 0.0837 e. The van der Waals surface area contributed by atoms with E-state index in [2.05, 4.69) is 45.1 Å². The minimum atomic E-state index is 0.820. The summed E-state index contributed by atoms with van der Waals surface area (Å²) in [5.41, 5.74) is 4.81. The summed E-state index contributed by atoms with van der Waals surface area (Å²) in [5.74, 6) is 0. The molecule has 2 aromatic rings. The molecule has 2 rings (SSSR count). The molecular formula is C13H12BCl. The van der Waals surface area contributed by atoms with Crippen LogP contribution in [0.1, 0.15) is 5.56 Å². The van der Waals surface area contributed by atoms with Gasteiger partial charge in [0.1, 0.15) is 7.85 Å². The van der Waals surface area contributed by atoms with E-state index in [0.717, 1.165) is 10.6 Å². The summed E-state index contributed by atoms with van der Waals surface area (Å²) in [7, 11) is 2.09. The Morgan fingerprint density at radius 1 is 1.07 bits per heavy atom. The summed E-state index contributed by atoms with van der Waals surface area (Å²) in [5, 5.41) is 0.820. The van der Waals surface area contributed by atoms with Crippen LogP contribution in [0.15, 0.2) is 42.5 Å². The molecule has 0 saturated heterocycles. The molecule has 0 N–H and O–H groups in total. The second-order valence-corrected chi connectivity index (χ2v) is 4.21. The molecule has 0 saturated carbocycles. The molecule has 2 heteroatoms. The van der Waals surface area contributed by atoms with Crippen LogP contribution in [0.5, 0.6) is 0 Å². The third-order valence-corrected chi connectivity index (χ3v) is 2.84. The molecule has 0 amide bonds. The topological polar surface area (TPSA) is 0 Å². The maximum Gasteiger partial charge on any atom is 0.140 e. The molecule has 0 spiro atoms. The summed E-state index contributed by atoms with van der Waals surface area (Å²) in [6, 6.07) is 14.4. The van der Waals surface area contributed by atoms with Crippen molar-refractivity contribution in [3.05, 3.63) is 53.1 Å². The number of rotatable bonds is 1. The van der Waals surface area contributed by atoms with Crippen LogP contribution in [-0.2, 0) is 0 Å². The Kier molecular flexibility index (Phi) is 2.83. The molecule has 0 aromatic heterocycles. The highest BCUT2D eigenvalue weighted by Crippen LogP contribution is 2.25. The van der Waals surface area contributed by atoms with Gasteiger partial charge in [0.05, 0.1) is 0 Å². The standard InChI is InChI=1S/C13H12BCl/c1-9-4-2-5-10(8-9)13-11(14)6-3-7-12(13)15/h2-8H,14H2,1H3. The zero-order valence-electron chi connectivity index (χ0n) is 8.92. The average Bonchev–Trinajstić information content (AvgIpc) is 2.17. The van der Waals surface area contributed by atoms with Crippen LogP contribution >= 0.6 is 11.6 Å². The second-order valence-electron chi connectivity index (χ2n) is 3.80. The highest BCUT2D eigenvalue weighted by Gasteiger charge is 2.05. The van der Waals surface area contributed by atoms with E-state index in [4.69, 9.17) is 11.6 Å². The molecule has 15 heavy (non-hydrogen) atoms. The lowest BCUT2D eigenvalue weighted by Gasteiger charge is -2.09. The Morgan fingerprint density at radius 3 is 2.47 bits per heavy atom. The normalized spacial score (nSPS) is 10.3. The molecule has 0 radical (unpaired) electrons. The Hall–Kier alpha value is -1.21. The molecule has 0 atom stereocenters. The zero-order valence-corrected chi connectivity index (χ0v) is 9.68. The lowest BCUT2D eigenvalue weighted by atomic mass is 9.87. The first kappa shape index (κ1) is 10.3. The number of aryl methyl sites for hydroxylation is 1. The van der Waals surface area contributed by atoms with Gasteiger partial charge >= 0.3 is 0 Å². The Labute approximate surface area is 96.3 Å². The van der Waals surface area contributed by atoms with Crippen molar-refractivity contribution in [1.82, 2.24) is 0 Å². The van der Waals surface area contributed by atoms with Crippen LogP contribution in [-0.4, -0.2) is 7.85 Å². The molecule has 0 aliphatic heterocycles. The summed E-state index contributed by atoms with van der Waals surface area (Å²) < 4.78 is 0. The molecule has 74 valence electrons. The van der Waals surface area contributed by atoms with E-state index >= 15 is 0 Å². The van der Waals surface area contributed by atoms with Crippen molar-refractivity contribution in [3.63, 3.8) is 0 Å². The van der Waals surface area contributed by atoms with E-state index in [0.29, 0.717) is 0 Å². The number of halogens is 1. The Bertz CT molecular complexity index is 471. The van der Waals surface area contributed by atoms with Crippen molar-refractivity contribution >= 4 is 24.9 Å². The fourth-order valence-electron chi connectivity index (χ4n) is 1.80. The lowest BCUT2D eigenvalue weighted by molar-refractivity contribution is 1.47. The molecule has 0 fully saturated rings. The van der Waals surface area contributed by atoms with Gasteiger partial charge < -0.3 is 0 Å². The van der Waals surface area contributed by atoms with E-state index in [1.807, 2.05) is 12.1 Å². The van der Waals surface area contributed by atoms with E-state index < -0.39 is 0 Å². The van der Waals surface area contributed by atoms with Gasteiger partial charge in [0, 0.05) is 5.02 Å². The van der Waals surface area contributed by atoms with Crippen LogP contribution in [0.4, 0.5) is 0 Å². The average molecular weight is 215 g/mol. The molecule has 0 aliphatic rings. The lowest BCUT2D eigenvalue weighted by Crippen LogP contribution is -2.06. The van der Waals surface area contributed by atoms with Crippen molar-refractivity contribution in [1.29, 1.82) is 0 Å². The summed E-state index contributed by atoms with van der Waals surface area (Å²) >= 11 is 6.22. The Morgan fingerprint density at radius 2 is 1.80 bits per heavy atom. The molecule has 0 bridgehead atoms. The molecule has 2 aromatic carbocycles. The van der Waals surface area contributed by atoms with Crippen LogP contribution in [0.2, 0.25) is 5.02 Å². The van der Waals surface area contributed by atoms with E-state index in [1.54, 1.807) is 0 Å². The van der Waals surface area contributed by atoms with Crippen LogP contribution in [0.25, 0.3) is 11.1 Å². The summed E-state index contributed by atoms with van der Waals surface area (Å²) in [6.07, 6.45) is 0. The van der Waals surface area contributed by atoms with Crippen molar-refractivity contribution in [2.24, 2.45) is 0 Å². The van der Waals surface area contributed by atoms with Crippen molar-refractivity contribution < 1.29 is 0 Å². The van der Waals surface area contributed by atoms with Crippen LogP contribution in [0.3, 0.4) is 0 Å². The van der Waals surface area contributed by atoms with Gasteiger partial charge in [-0.05, 0) is 24.1 Å². The van der Waals surface area contributed by atoms with Gasteiger partial charge in [0.2, 0.25) is 0 Å². The van der Waals surface area contributed by atoms with Crippen molar-refractivity contribution in [2.45, 2.75) is 6.92 Å². The zero-order chi connectivity index (χ0) is 10.8. The maximum absolute atomic E-state index is 6.22. The van der Waals surface area contributed by atoms with Gasteiger partial charge in [-0.15, -0.1) is 0 Å². The highest BCUT2D eigenvalue weighted by molar-refractivity contribution is 6.41. The fraction of sp³-hybridized carbons (Fsp3) is 0.0769. The van der Waals surface area contributed by atoms with Gasteiger partial charge in [0.15, 0.2) is 0 Å². The number of hydrogen-bond donors (Lipinski definition) is 0. The van der Waals surface area contributed by atoms with Gasteiger partial charge in [-0.25, -0.2) is 0 Å². The molecular weight excluding hydrogens is 202 g/mol. The van der Waals surface area contributed by atoms with E-state index in [1.165, 1.54) is 16.6 Å². The highest BCUT2D eigenvalue weighted by atomic mass is 35.5. The SMILES string of the molecule is Bc1cccc(Cl)c1-c1cccc(C)c1. The third kappa shape index (κ3) is 2.08. The van der Waals surface area contributed by atoms with Gasteiger partial charge in [-0.1, -0.05) is 59.0 Å².